The average Bonchev–Trinajstić information content (AvgIpc) is 2.57. The minimum atomic E-state index is -0.110. The molecule has 0 saturated carbocycles. The monoisotopic (exact) mass is 301 g/mol. The molecule has 0 bridgehead atoms. The van der Waals surface area contributed by atoms with Gasteiger partial charge >= 0.3 is 0 Å². The Morgan fingerprint density at radius 1 is 1.09 bits per heavy atom. The second kappa shape index (κ2) is 6.71. The maximum atomic E-state index is 12.1. The van der Waals surface area contributed by atoms with Gasteiger partial charge in [-0.15, -0.1) is 0 Å². The lowest BCUT2D eigenvalue weighted by molar-refractivity contribution is -0.115. The molecule has 0 radical (unpaired) electrons. The molecule has 1 aromatic heterocycles. The number of carbonyl (C=O) groups is 1. The zero-order valence-electron chi connectivity index (χ0n) is 12.5. The molecule has 1 N–H and O–H groups in total. The quantitative estimate of drug-likeness (QED) is 0.802. The molecule has 1 amide bonds. The Labute approximate surface area is 134 Å². The average molecular weight is 301 g/mol. The van der Waals surface area contributed by atoms with Crippen LogP contribution in [0.5, 0.6) is 0 Å². The molecule has 4 heteroatoms. The van der Waals surface area contributed by atoms with Gasteiger partial charge in [-0.2, -0.15) is 5.26 Å². The molecule has 0 aliphatic carbocycles. The Morgan fingerprint density at radius 3 is 2.57 bits per heavy atom. The Balaban J connectivity index is 1.67. The number of fused-ring (bicyclic) bond motifs is 1. The predicted octanol–water partition coefficient (Wildman–Crippen LogP) is 3.48. The topological polar surface area (TPSA) is 65.8 Å². The maximum absolute atomic E-state index is 12.1. The first-order chi connectivity index (χ1) is 11.2. The Bertz CT molecular complexity index is 879. The molecule has 0 spiro atoms. The summed E-state index contributed by atoms with van der Waals surface area (Å²) in [5, 5.41) is 13.6. The molecular formula is C19H15N3O. The first-order valence-corrected chi connectivity index (χ1v) is 7.34. The molecule has 1 heterocycles. The zero-order chi connectivity index (χ0) is 16.1. The summed E-state index contributed by atoms with van der Waals surface area (Å²) in [6.45, 7) is 0. The summed E-state index contributed by atoms with van der Waals surface area (Å²) >= 11 is 0. The van der Waals surface area contributed by atoms with Crippen LogP contribution in [0.2, 0.25) is 0 Å². The van der Waals surface area contributed by atoms with Crippen LogP contribution < -0.4 is 5.32 Å². The number of anilines is 1. The van der Waals surface area contributed by atoms with Crippen molar-refractivity contribution in [2.75, 3.05) is 5.32 Å². The number of nitrogens with zero attached hydrogens (tertiary/aromatic N) is 2. The van der Waals surface area contributed by atoms with Crippen LogP contribution in [-0.2, 0) is 17.6 Å². The fourth-order valence-corrected chi connectivity index (χ4v) is 2.39. The highest BCUT2D eigenvalue weighted by molar-refractivity contribution is 5.92. The van der Waals surface area contributed by atoms with Gasteiger partial charge in [0.25, 0.3) is 0 Å². The van der Waals surface area contributed by atoms with Gasteiger partial charge in [-0.1, -0.05) is 36.4 Å². The van der Waals surface area contributed by atoms with E-state index in [4.69, 9.17) is 5.26 Å². The summed E-state index contributed by atoms with van der Waals surface area (Å²) in [6, 6.07) is 19.3. The summed E-state index contributed by atoms with van der Waals surface area (Å²) in [5.74, 6) is -0.110. The summed E-state index contributed by atoms with van der Waals surface area (Å²) in [6.07, 6.45) is 2.38. The minimum Gasteiger partial charge on any atom is -0.326 e. The predicted molar refractivity (Wildman–Crippen MR) is 89.8 cm³/mol. The van der Waals surface area contributed by atoms with Crippen molar-refractivity contribution in [2.45, 2.75) is 12.8 Å². The van der Waals surface area contributed by atoms with Crippen molar-refractivity contribution in [3.8, 4) is 6.07 Å². The van der Waals surface area contributed by atoms with Crippen LogP contribution in [0.1, 0.15) is 11.3 Å². The molecule has 3 rings (SSSR count). The SMILES string of the molecule is N#CCc1ccc(NC(=O)Cc2cc3ccccc3cn2)cc1. The van der Waals surface area contributed by atoms with Crippen LogP contribution >= 0.6 is 0 Å². The Kier molecular flexibility index (Phi) is 4.30. The van der Waals surface area contributed by atoms with Crippen molar-refractivity contribution in [1.29, 1.82) is 5.26 Å². The molecule has 0 saturated heterocycles. The van der Waals surface area contributed by atoms with E-state index in [2.05, 4.69) is 16.4 Å². The zero-order valence-corrected chi connectivity index (χ0v) is 12.5. The number of nitriles is 1. The highest BCUT2D eigenvalue weighted by Gasteiger charge is 2.06. The molecule has 23 heavy (non-hydrogen) atoms. The molecule has 3 aromatic rings. The fraction of sp³-hybridized carbons (Fsp3) is 0.105. The number of carbonyl (C=O) groups excluding carboxylic acids is 1. The van der Waals surface area contributed by atoms with Crippen molar-refractivity contribution in [3.05, 3.63) is 72.1 Å². The van der Waals surface area contributed by atoms with Crippen molar-refractivity contribution in [1.82, 2.24) is 4.98 Å². The van der Waals surface area contributed by atoms with Crippen molar-refractivity contribution < 1.29 is 4.79 Å². The van der Waals surface area contributed by atoms with Gasteiger partial charge < -0.3 is 5.32 Å². The lowest BCUT2D eigenvalue weighted by Gasteiger charge is -2.06. The molecule has 0 atom stereocenters. The summed E-state index contributed by atoms with van der Waals surface area (Å²) in [4.78, 5) is 16.5. The van der Waals surface area contributed by atoms with Gasteiger partial charge in [0.15, 0.2) is 0 Å². The number of pyridine rings is 1. The summed E-state index contributed by atoms with van der Waals surface area (Å²) in [5.41, 5.74) is 2.39. The Morgan fingerprint density at radius 2 is 1.83 bits per heavy atom. The van der Waals surface area contributed by atoms with E-state index in [9.17, 15) is 4.79 Å². The van der Waals surface area contributed by atoms with Gasteiger partial charge in [-0.05, 0) is 29.1 Å². The van der Waals surface area contributed by atoms with Crippen molar-refractivity contribution in [2.24, 2.45) is 0 Å². The second-order valence-corrected chi connectivity index (χ2v) is 5.28. The largest absolute Gasteiger partial charge is 0.326 e. The fourth-order valence-electron chi connectivity index (χ4n) is 2.39. The number of aromatic nitrogens is 1. The van der Waals surface area contributed by atoms with Gasteiger partial charge in [0, 0.05) is 17.3 Å². The van der Waals surface area contributed by atoms with E-state index < -0.39 is 0 Å². The van der Waals surface area contributed by atoms with E-state index in [1.54, 1.807) is 18.3 Å². The normalized spacial score (nSPS) is 10.2. The lowest BCUT2D eigenvalue weighted by atomic mass is 10.1. The standard InChI is InChI=1S/C19H15N3O/c20-10-9-14-5-7-17(8-6-14)22-19(23)12-18-11-15-3-1-2-4-16(15)13-21-18/h1-8,11,13H,9,12H2,(H,22,23). The first-order valence-electron chi connectivity index (χ1n) is 7.34. The van der Waals surface area contributed by atoms with Gasteiger partial charge in [0.1, 0.15) is 0 Å². The minimum absolute atomic E-state index is 0.110. The molecule has 4 nitrogen and oxygen atoms in total. The van der Waals surface area contributed by atoms with E-state index in [1.165, 1.54) is 0 Å². The summed E-state index contributed by atoms with van der Waals surface area (Å²) < 4.78 is 0. The van der Waals surface area contributed by atoms with Gasteiger partial charge in [0.2, 0.25) is 5.91 Å². The third-order valence-corrected chi connectivity index (χ3v) is 3.55. The van der Waals surface area contributed by atoms with Crippen LogP contribution in [0.25, 0.3) is 10.8 Å². The number of nitrogens with one attached hydrogen (secondary N) is 1. The van der Waals surface area contributed by atoms with Crippen molar-refractivity contribution in [3.63, 3.8) is 0 Å². The van der Waals surface area contributed by atoms with Gasteiger partial charge in [-0.3, -0.25) is 9.78 Å². The number of hydrogen-bond donors (Lipinski definition) is 1. The third kappa shape index (κ3) is 3.72. The van der Waals surface area contributed by atoms with Crippen LogP contribution in [0.15, 0.2) is 60.8 Å². The molecular weight excluding hydrogens is 286 g/mol. The number of amides is 1. The number of hydrogen-bond acceptors (Lipinski definition) is 3. The smallest absolute Gasteiger partial charge is 0.230 e. The van der Waals surface area contributed by atoms with Crippen LogP contribution in [-0.4, -0.2) is 10.9 Å². The molecule has 112 valence electrons. The van der Waals surface area contributed by atoms with E-state index in [1.807, 2.05) is 42.5 Å². The molecule has 0 unspecified atom stereocenters. The van der Waals surface area contributed by atoms with E-state index in [0.29, 0.717) is 6.42 Å². The molecule has 0 fully saturated rings. The highest BCUT2D eigenvalue weighted by Crippen LogP contribution is 2.14. The first kappa shape index (κ1) is 14.7. The molecule has 0 aliphatic rings. The van der Waals surface area contributed by atoms with E-state index in [0.717, 1.165) is 27.7 Å². The van der Waals surface area contributed by atoms with Crippen LogP contribution in [0.4, 0.5) is 5.69 Å². The lowest BCUT2D eigenvalue weighted by Crippen LogP contribution is -2.15. The number of benzene rings is 2. The molecule has 0 aliphatic heterocycles. The third-order valence-electron chi connectivity index (χ3n) is 3.55. The second-order valence-electron chi connectivity index (χ2n) is 5.28. The van der Waals surface area contributed by atoms with Gasteiger partial charge in [0.05, 0.1) is 24.6 Å². The van der Waals surface area contributed by atoms with Crippen molar-refractivity contribution >= 4 is 22.4 Å². The van der Waals surface area contributed by atoms with E-state index in [-0.39, 0.29) is 12.3 Å². The van der Waals surface area contributed by atoms with E-state index >= 15 is 0 Å². The Hall–Kier alpha value is -3.19. The molecule has 2 aromatic carbocycles. The maximum Gasteiger partial charge on any atom is 0.230 e. The van der Waals surface area contributed by atoms with Crippen LogP contribution in [0, 0.1) is 11.3 Å². The number of rotatable bonds is 4. The summed E-state index contributed by atoms with van der Waals surface area (Å²) in [7, 11) is 0. The van der Waals surface area contributed by atoms with Crippen LogP contribution in [0.3, 0.4) is 0 Å². The van der Waals surface area contributed by atoms with Gasteiger partial charge in [-0.25, -0.2) is 0 Å². The highest BCUT2D eigenvalue weighted by atomic mass is 16.1.